The highest BCUT2D eigenvalue weighted by atomic mass is 32.2. The summed E-state index contributed by atoms with van der Waals surface area (Å²) in [6, 6.07) is 7.13. The molecule has 0 heterocycles. The number of benzene rings is 1. The molecule has 1 aromatic rings. The van der Waals surface area contributed by atoms with E-state index in [9.17, 15) is 8.42 Å². The van der Waals surface area contributed by atoms with E-state index >= 15 is 0 Å². The Kier molecular flexibility index (Phi) is 6.17. The van der Waals surface area contributed by atoms with Gasteiger partial charge in [0.1, 0.15) is 0 Å². The fraction of sp³-hybridized carbons (Fsp3) is 0.375. The summed E-state index contributed by atoms with van der Waals surface area (Å²) in [4.78, 5) is 0.313. The number of hydrogen-bond donors (Lipinski definition) is 0. The first-order valence-corrected chi connectivity index (χ1v) is 8.23. The summed E-state index contributed by atoms with van der Waals surface area (Å²) in [6.07, 6.45) is 4.19. The topological polar surface area (TPSA) is 37.4 Å². The Hall–Kier alpha value is -1.39. The molecule has 0 fully saturated rings. The van der Waals surface area contributed by atoms with Crippen molar-refractivity contribution >= 4 is 10.0 Å². The van der Waals surface area contributed by atoms with Crippen LogP contribution in [0.4, 0.5) is 0 Å². The van der Waals surface area contributed by atoms with E-state index in [1.54, 1.807) is 24.3 Å². The molecule has 0 aromatic heterocycles. The third kappa shape index (κ3) is 3.81. The summed E-state index contributed by atoms with van der Waals surface area (Å²) in [7, 11) is -3.48. The van der Waals surface area contributed by atoms with Crippen molar-refractivity contribution in [1.29, 1.82) is 0 Å². The highest BCUT2D eigenvalue weighted by molar-refractivity contribution is 7.89. The van der Waals surface area contributed by atoms with Gasteiger partial charge < -0.3 is 0 Å². The van der Waals surface area contributed by atoms with Gasteiger partial charge in [0.2, 0.25) is 10.0 Å². The molecule has 1 unspecified atom stereocenters. The maximum absolute atomic E-state index is 12.5. The second kappa shape index (κ2) is 7.41. The van der Waals surface area contributed by atoms with Gasteiger partial charge in [-0.15, -0.1) is 13.2 Å². The van der Waals surface area contributed by atoms with Crippen molar-refractivity contribution in [2.45, 2.75) is 31.1 Å². The van der Waals surface area contributed by atoms with Crippen LogP contribution in [0.2, 0.25) is 0 Å². The molecule has 0 aliphatic carbocycles. The molecule has 20 heavy (non-hydrogen) atoms. The van der Waals surface area contributed by atoms with E-state index in [0.29, 0.717) is 10.8 Å². The fourth-order valence-electron chi connectivity index (χ4n) is 1.91. The maximum Gasteiger partial charge on any atom is 0.243 e. The van der Waals surface area contributed by atoms with E-state index in [-0.39, 0.29) is 13.1 Å². The summed E-state index contributed by atoms with van der Waals surface area (Å²) < 4.78 is 26.3. The lowest BCUT2D eigenvalue weighted by Crippen LogP contribution is -2.31. The summed E-state index contributed by atoms with van der Waals surface area (Å²) >= 11 is 0. The van der Waals surface area contributed by atoms with Gasteiger partial charge in [-0.2, -0.15) is 4.31 Å². The van der Waals surface area contributed by atoms with Crippen molar-refractivity contribution < 1.29 is 8.42 Å². The second-order valence-electron chi connectivity index (χ2n) is 4.78. The predicted molar refractivity (Wildman–Crippen MR) is 84.3 cm³/mol. The molecule has 0 saturated heterocycles. The largest absolute Gasteiger partial charge is 0.243 e. The second-order valence-corrected chi connectivity index (χ2v) is 6.72. The molecule has 0 amide bonds. The lowest BCUT2D eigenvalue weighted by Gasteiger charge is -2.19. The molecule has 0 bridgehead atoms. The van der Waals surface area contributed by atoms with Crippen molar-refractivity contribution in [3.8, 4) is 0 Å². The van der Waals surface area contributed by atoms with Crippen molar-refractivity contribution in [1.82, 2.24) is 4.31 Å². The molecule has 0 aliphatic heterocycles. The zero-order chi connectivity index (χ0) is 15.2. The Morgan fingerprint density at radius 2 is 1.65 bits per heavy atom. The van der Waals surface area contributed by atoms with Gasteiger partial charge in [0.15, 0.2) is 0 Å². The molecule has 0 spiro atoms. The average Bonchev–Trinajstić information content (AvgIpc) is 2.46. The predicted octanol–water partition coefficient (Wildman–Crippen LogP) is 3.56. The van der Waals surface area contributed by atoms with Crippen molar-refractivity contribution in [3.05, 3.63) is 55.1 Å². The molecule has 0 aliphatic rings. The zero-order valence-corrected chi connectivity index (χ0v) is 13.1. The van der Waals surface area contributed by atoms with Crippen LogP contribution in [0.1, 0.15) is 31.7 Å². The van der Waals surface area contributed by atoms with Gasteiger partial charge in [-0.25, -0.2) is 8.42 Å². The van der Waals surface area contributed by atoms with Gasteiger partial charge in [-0.3, -0.25) is 0 Å². The van der Waals surface area contributed by atoms with E-state index in [4.69, 9.17) is 0 Å². The molecule has 0 saturated carbocycles. The molecule has 0 N–H and O–H groups in total. The SMILES string of the molecule is C=CCN(CC=C)S(=O)(=O)c1ccc(C(C)CC)cc1. The normalized spacial score (nSPS) is 13.2. The molecule has 0 radical (unpaired) electrons. The highest BCUT2D eigenvalue weighted by Gasteiger charge is 2.22. The van der Waals surface area contributed by atoms with Gasteiger partial charge in [0.25, 0.3) is 0 Å². The van der Waals surface area contributed by atoms with Crippen LogP contribution in [0.3, 0.4) is 0 Å². The fourth-order valence-corrected chi connectivity index (χ4v) is 3.29. The van der Waals surface area contributed by atoms with Gasteiger partial charge in [-0.05, 0) is 30.0 Å². The Balaban J connectivity index is 3.07. The van der Waals surface area contributed by atoms with Gasteiger partial charge in [0.05, 0.1) is 4.90 Å². The third-order valence-corrected chi connectivity index (χ3v) is 5.21. The molecule has 1 aromatic carbocycles. The van der Waals surface area contributed by atoms with Crippen molar-refractivity contribution in [2.75, 3.05) is 13.1 Å². The third-order valence-electron chi connectivity index (χ3n) is 3.36. The molecular formula is C16H23NO2S. The Bertz CT molecular complexity index is 536. The first-order valence-electron chi connectivity index (χ1n) is 6.79. The molecule has 110 valence electrons. The van der Waals surface area contributed by atoms with Gasteiger partial charge >= 0.3 is 0 Å². The maximum atomic E-state index is 12.5. The standard InChI is InChI=1S/C16H23NO2S/c1-5-12-17(13-6-2)20(18,19)16-10-8-15(9-11-16)14(4)7-3/h5-6,8-11,14H,1-2,7,12-13H2,3-4H3. The van der Waals surface area contributed by atoms with Crippen LogP contribution in [0.5, 0.6) is 0 Å². The Labute approximate surface area is 122 Å². The first kappa shape index (κ1) is 16.7. The highest BCUT2D eigenvalue weighted by Crippen LogP contribution is 2.22. The minimum atomic E-state index is -3.48. The molecule has 4 heteroatoms. The van der Waals surface area contributed by atoms with Crippen LogP contribution in [0, 0.1) is 0 Å². The lowest BCUT2D eigenvalue weighted by atomic mass is 9.99. The molecule has 1 rings (SSSR count). The minimum Gasteiger partial charge on any atom is -0.207 e. The number of rotatable bonds is 8. The molecular weight excluding hydrogens is 270 g/mol. The van der Waals surface area contributed by atoms with Crippen LogP contribution >= 0.6 is 0 Å². The van der Waals surface area contributed by atoms with Crippen molar-refractivity contribution in [2.24, 2.45) is 0 Å². The van der Waals surface area contributed by atoms with Gasteiger partial charge in [0, 0.05) is 13.1 Å². The summed E-state index contributed by atoms with van der Waals surface area (Å²) in [5.41, 5.74) is 1.16. The number of nitrogens with zero attached hydrogens (tertiary/aromatic N) is 1. The van der Waals surface area contributed by atoms with Crippen LogP contribution in [-0.4, -0.2) is 25.8 Å². The Morgan fingerprint density at radius 3 is 2.05 bits per heavy atom. The quantitative estimate of drug-likeness (QED) is 0.687. The lowest BCUT2D eigenvalue weighted by molar-refractivity contribution is 0.474. The first-order chi connectivity index (χ1) is 9.47. The summed E-state index contributed by atoms with van der Waals surface area (Å²) in [6.45, 7) is 12.0. The van der Waals surface area contributed by atoms with Crippen LogP contribution in [-0.2, 0) is 10.0 Å². The van der Waals surface area contributed by atoms with Crippen LogP contribution in [0.25, 0.3) is 0 Å². The van der Waals surface area contributed by atoms with E-state index < -0.39 is 10.0 Å². The smallest absolute Gasteiger partial charge is 0.207 e. The molecule has 1 atom stereocenters. The molecule has 3 nitrogen and oxygen atoms in total. The summed E-state index contributed by atoms with van der Waals surface area (Å²) in [5, 5.41) is 0. The average molecular weight is 293 g/mol. The minimum absolute atomic E-state index is 0.279. The zero-order valence-electron chi connectivity index (χ0n) is 12.2. The van der Waals surface area contributed by atoms with E-state index in [1.165, 1.54) is 4.31 Å². The van der Waals surface area contributed by atoms with Gasteiger partial charge in [-0.1, -0.05) is 38.1 Å². The van der Waals surface area contributed by atoms with Crippen LogP contribution in [0.15, 0.2) is 54.5 Å². The Morgan fingerprint density at radius 1 is 1.15 bits per heavy atom. The van der Waals surface area contributed by atoms with E-state index in [2.05, 4.69) is 27.0 Å². The number of sulfonamides is 1. The van der Waals surface area contributed by atoms with Crippen LogP contribution < -0.4 is 0 Å². The number of hydrogen-bond acceptors (Lipinski definition) is 2. The van der Waals surface area contributed by atoms with E-state index in [1.807, 2.05) is 12.1 Å². The monoisotopic (exact) mass is 293 g/mol. The summed E-state index contributed by atoms with van der Waals surface area (Å²) in [5.74, 6) is 0.434. The van der Waals surface area contributed by atoms with Crippen molar-refractivity contribution in [3.63, 3.8) is 0 Å². The van der Waals surface area contributed by atoms with E-state index in [0.717, 1.165) is 12.0 Å².